The second-order valence-electron chi connectivity index (χ2n) is 2.77. The number of benzene rings is 1. The van der Waals surface area contributed by atoms with Gasteiger partial charge in [-0.2, -0.15) is 8.42 Å². The van der Waals surface area contributed by atoms with Crippen LogP contribution in [-0.4, -0.2) is 18.0 Å². The van der Waals surface area contributed by atoms with Crippen LogP contribution in [0.4, 0.5) is 5.69 Å². The number of fused-ring (bicyclic) bond motifs is 1. The Labute approximate surface area is 94.2 Å². The highest BCUT2D eigenvalue weighted by Gasteiger charge is 2.20. The average Bonchev–Trinajstić information content (AvgIpc) is 2.41. The number of hydrogen-bond donors (Lipinski definition) is 2. The number of halogens is 1. The lowest BCUT2D eigenvalue weighted by atomic mass is 10.3. The Morgan fingerprint density at radius 2 is 2.13 bits per heavy atom. The lowest BCUT2D eigenvalue weighted by molar-refractivity contribution is 0.485. The van der Waals surface area contributed by atoms with Gasteiger partial charge < -0.3 is 5.73 Å². The van der Waals surface area contributed by atoms with Crippen LogP contribution < -0.4 is 5.73 Å². The van der Waals surface area contributed by atoms with Crippen LogP contribution in [0.1, 0.15) is 0 Å². The number of thiazole rings is 1. The van der Waals surface area contributed by atoms with Crippen molar-refractivity contribution in [1.29, 1.82) is 0 Å². The third-order valence-electron chi connectivity index (χ3n) is 1.77. The van der Waals surface area contributed by atoms with E-state index in [4.69, 9.17) is 21.9 Å². The van der Waals surface area contributed by atoms with Gasteiger partial charge in [0.2, 0.25) is 0 Å². The summed E-state index contributed by atoms with van der Waals surface area (Å²) >= 11 is 6.60. The van der Waals surface area contributed by atoms with E-state index in [-0.39, 0.29) is 19.7 Å². The molecule has 2 aromatic rings. The molecule has 0 aliphatic heterocycles. The van der Waals surface area contributed by atoms with Gasteiger partial charge in [0.15, 0.2) is 4.47 Å². The second kappa shape index (κ2) is 3.31. The number of nitrogens with zero attached hydrogens (tertiary/aromatic N) is 1. The van der Waals surface area contributed by atoms with Crippen molar-refractivity contribution in [1.82, 2.24) is 4.98 Å². The second-order valence-corrected chi connectivity index (χ2v) is 5.71. The standard InChI is InChI=1S/C7H5ClN2O3S2/c8-7-10-4-2-1-3(9)6(5(4)14-7)15(11,12)13/h1-2H,9H2,(H,11,12,13). The molecular weight excluding hydrogens is 260 g/mol. The highest BCUT2D eigenvalue weighted by Crippen LogP contribution is 2.34. The molecule has 0 fully saturated rings. The molecular formula is C7H5ClN2O3S2. The van der Waals surface area contributed by atoms with Crippen LogP contribution in [0.25, 0.3) is 10.2 Å². The van der Waals surface area contributed by atoms with Gasteiger partial charge in [-0.15, -0.1) is 11.3 Å². The Hall–Kier alpha value is -0.890. The highest BCUT2D eigenvalue weighted by atomic mass is 35.5. The third kappa shape index (κ3) is 1.78. The first-order chi connectivity index (χ1) is 6.89. The first-order valence-corrected chi connectivity index (χ1v) is 6.35. The zero-order valence-corrected chi connectivity index (χ0v) is 9.53. The summed E-state index contributed by atoms with van der Waals surface area (Å²) < 4.78 is 31.6. The molecule has 15 heavy (non-hydrogen) atoms. The topological polar surface area (TPSA) is 93.3 Å². The molecule has 0 saturated carbocycles. The molecule has 0 aliphatic rings. The van der Waals surface area contributed by atoms with Crippen molar-refractivity contribution in [2.75, 3.05) is 5.73 Å². The first kappa shape index (κ1) is 10.6. The molecule has 1 aromatic carbocycles. The van der Waals surface area contributed by atoms with Crippen LogP contribution in [0.5, 0.6) is 0 Å². The van der Waals surface area contributed by atoms with Crippen LogP contribution in [0, 0.1) is 0 Å². The molecule has 3 N–H and O–H groups in total. The highest BCUT2D eigenvalue weighted by molar-refractivity contribution is 7.86. The van der Waals surface area contributed by atoms with Crippen LogP contribution in [0.2, 0.25) is 4.47 Å². The lowest BCUT2D eigenvalue weighted by Crippen LogP contribution is -2.03. The van der Waals surface area contributed by atoms with Crippen molar-refractivity contribution < 1.29 is 13.0 Å². The third-order valence-corrected chi connectivity index (χ3v) is 4.05. The van der Waals surface area contributed by atoms with Crippen LogP contribution in [-0.2, 0) is 10.1 Å². The minimum Gasteiger partial charge on any atom is -0.398 e. The van der Waals surface area contributed by atoms with Crippen LogP contribution in [0.3, 0.4) is 0 Å². The molecule has 1 heterocycles. The predicted molar refractivity (Wildman–Crippen MR) is 58.9 cm³/mol. The van der Waals surface area contributed by atoms with E-state index >= 15 is 0 Å². The van der Waals surface area contributed by atoms with Crippen LogP contribution >= 0.6 is 22.9 Å². The largest absolute Gasteiger partial charge is 0.398 e. The van der Waals surface area contributed by atoms with Gasteiger partial charge >= 0.3 is 0 Å². The summed E-state index contributed by atoms with van der Waals surface area (Å²) in [5.74, 6) is 0. The summed E-state index contributed by atoms with van der Waals surface area (Å²) in [4.78, 5) is 3.55. The molecule has 2 rings (SSSR count). The average molecular weight is 265 g/mol. The number of anilines is 1. The molecule has 0 aliphatic carbocycles. The van der Waals surface area contributed by atoms with Gasteiger partial charge in [-0.05, 0) is 12.1 Å². The fourth-order valence-electron chi connectivity index (χ4n) is 1.22. The van der Waals surface area contributed by atoms with E-state index in [2.05, 4.69) is 4.98 Å². The molecule has 0 radical (unpaired) electrons. The zero-order valence-electron chi connectivity index (χ0n) is 7.14. The Morgan fingerprint density at radius 1 is 1.47 bits per heavy atom. The maximum atomic E-state index is 11.1. The summed E-state index contributed by atoms with van der Waals surface area (Å²) in [6, 6.07) is 2.91. The summed E-state index contributed by atoms with van der Waals surface area (Å²) in [5.41, 5.74) is 5.85. The van der Waals surface area contributed by atoms with Crippen molar-refractivity contribution >= 4 is 49.0 Å². The zero-order chi connectivity index (χ0) is 11.2. The van der Waals surface area contributed by atoms with E-state index < -0.39 is 10.1 Å². The van der Waals surface area contributed by atoms with Gasteiger partial charge in [0.05, 0.1) is 15.9 Å². The Bertz CT molecular complexity index is 635. The van der Waals surface area contributed by atoms with Crippen molar-refractivity contribution in [2.24, 2.45) is 0 Å². The van der Waals surface area contributed by atoms with Gasteiger partial charge in [-0.1, -0.05) is 11.6 Å². The Balaban J connectivity index is 2.98. The van der Waals surface area contributed by atoms with Gasteiger partial charge in [0.1, 0.15) is 4.90 Å². The van der Waals surface area contributed by atoms with E-state index in [0.29, 0.717) is 5.52 Å². The molecule has 0 amide bonds. The smallest absolute Gasteiger partial charge is 0.298 e. The summed E-state index contributed by atoms with van der Waals surface area (Å²) in [6.07, 6.45) is 0. The van der Waals surface area contributed by atoms with Crippen molar-refractivity contribution in [3.05, 3.63) is 16.6 Å². The lowest BCUT2D eigenvalue weighted by Gasteiger charge is -2.01. The predicted octanol–water partition coefficient (Wildman–Crippen LogP) is 1.78. The van der Waals surface area contributed by atoms with E-state index in [9.17, 15) is 8.42 Å². The Kier molecular flexibility index (Phi) is 2.34. The van der Waals surface area contributed by atoms with E-state index in [1.807, 2.05) is 0 Å². The summed E-state index contributed by atoms with van der Waals surface area (Å²) in [6.45, 7) is 0. The Morgan fingerprint density at radius 3 is 2.73 bits per heavy atom. The van der Waals surface area contributed by atoms with E-state index in [0.717, 1.165) is 11.3 Å². The molecule has 0 bridgehead atoms. The quantitative estimate of drug-likeness (QED) is 0.605. The van der Waals surface area contributed by atoms with E-state index in [1.165, 1.54) is 6.07 Å². The molecule has 0 unspecified atom stereocenters. The van der Waals surface area contributed by atoms with Gasteiger partial charge in [0, 0.05) is 0 Å². The van der Waals surface area contributed by atoms with Gasteiger partial charge in [-0.25, -0.2) is 4.98 Å². The van der Waals surface area contributed by atoms with Crippen molar-refractivity contribution in [3.63, 3.8) is 0 Å². The maximum absolute atomic E-state index is 11.1. The monoisotopic (exact) mass is 264 g/mol. The fourth-order valence-corrected chi connectivity index (χ4v) is 3.43. The number of nitrogen functional groups attached to an aromatic ring is 1. The molecule has 0 saturated heterocycles. The van der Waals surface area contributed by atoms with Gasteiger partial charge in [-0.3, -0.25) is 4.55 Å². The van der Waals surface area contributed by atoms with Crippen molar-refractivity contribution in [2.45, 2.75) is 4.90 Å². The number of rotatable bonds is 1. The number of hydrogen-bond acceptors (Lipinski definition) is 5. The minimum atomic E-state index is -4.36. The fraction of sp³-hybridized carbons (Fsp3) is 0. The molecule has 0 spiro atoms. The normalized spacial score (nSPS) is 12.1. The van der Waals surface area contributed by atoms with Crippen LogP contribution in [0.15, 0.2) is 17.0 Å². The minimum absolute atomic E-state index is 0.0229. The van der Waals surface area contributed by atoms with Crippen molar-refractivity contribution in [3.8, 4) is 0 Å². The summed E-state index contributed by atoms with van der Waals surface area (Å²) in [5, 5.41) is 0. The number of aromatic nitrogens is 1. The molecule has 8 heteroatoms. The number of nitrogens with two attached hydrogens (primary N) is 1. The van der Waals surface area contributed by atoms with E-state index in [1.54, 1.807) is 6.07 Å². The first-order valence-electron chi connectivity index (χ1n) is 3.71. The molecule has 0 atom stereocenters. The molecule has 5 nitrogen and oxygen atoms in total. The SMILES string of the molecule is Nc1ccc2nc(Cl)sc2c1S(=O)(=O)O. The van der Waals surface area contributed by atoms with Gasteiger partial charge in [0.25, 0.3) is 10.1 Å². The summed E-state index contributed by atoms with van der Waals surface area (Å²) in [7, 11) is -4.36. The molecule has 1 aromatic heterocycles. The maximum Gasteiger partial charge on any atom is 0.298 e. The molecule has 80 valence electrons.